The number of nitrogens with one attached hydrogen (secondary N) is 2. The van der Waals surface area contributed by atoms with Crippen LogP contribution >= 0.6 is 11.8 Å². The van der Waals surface area contributed by atoms with Crippen molar-refractivity contribution in [2.75, 3.05) is 18.6 Å². The molecule has 0 amide bonds. The second-order valence-electron chi connectivity index (χ2n) is 5.63. The largest absolute Gasteiger partial charge is 0.314 e. The van der Waals surface area contributed by atoms with E-state index in [0.29, 0.717) is 0 Å². The molecule has 0 aromatic rings. The molecule has 3 heteroatoms. The number of hydrogen-bond acceptors (Lipinski definition) is 3. The zero-order valence-corrected chi connectivity index (χ0v) is 12.2. The monoisotopic (exact) mass is 256 g/mol. The summed E-state index contributed by atoms with van der Waals surface area (Å²) in [4.78, 5) is 0. The molecule has 2 nitrogen and oxygen atoms in total. The fourth-order valence-corrected chi connectivity index (χ4v) is 4.28. The van der Waals surface area contributed by atoms with Gasteiger partial charge < -0.3 is 10.6 Å². The molecule has 1 saturated carbocycles. The van der Waals surface area contributed by atoms with E-state index in [-0.39, 0.29) is 0 Å². The molecule has 2 N–H and O–H groups in total. The second-order valence-corrected chi connectivity index (χ2v) is 6.54. The van der Waals surface area contributed by atoms with Crippen LogP contribution in [-0.4, -0.2) is 36.7 Å². The molecule has 1 heterocycles. The van der Waals surface area contributed by atoms with Gasteiger partial charge in [0.2, 0.25) is 0 Å². The number of hydrogen-bond donors (Lipinski definition) is 2. The Morgan fingerprint density at radius 2 is 2.18 bits per heavy atom. The van der Waals surface area contributed by atoms with E-state index < -0.39 is 0 Å². The van der Waals surface area contributed by atoms with E-state index in [2.05, 4.69) is 23.8 Å². The lowest BCUT2D eigenvalue weighted by Crippen LogP contribution is -2.46. The summed E-state index contributed by atoms with van der Waals surface area (Å²) in [5.74, 6) is 2.16. The molecule has 4 atom stereocenters. The highest BCUT2D eigenvalue weighted by Crippen LogP contribution is 2.32. The molecule has 17 heavy (non-hydrogen) atoms. The molecule has 2 aliphatic rings. The Morgan fingerprint density at radius 1 is 1.29 bits per heavy atom. The van der Waals surface area contributed by atoms with E-state index in [9.17, 15) is 0 Å². The summed E-state index contributed by atoms with van der Waals surface area (Å²) >= 11 is 1.97. The molecule has 1 saturated heterocycles. The van der Waals surface area contributed by atoms with Crippen molar-refractivity contribution in [3.63, 3.8) is 0 Å². The number of rotatable bonds is 6. The maximum absolute atomic E-state index is 3.93. The van der Waals surface area contributed by atoms with Crippen LogP contribution in [0.1, 0.15) is 45.4 Å². The third kappa shape index (κ3) is 3.62. The zero-order chi connectivity index (χ0) is 12.1. The van der Waals surface area contributed by atoms with Crippen LogP contribution in [0.2, 0.25) is 0 Å². The lowest BCUT2D eigenvalue weighted by atomic mass is 9.92. The van der Waals surface area contributed by atoms with Gasteiger partial charge in [-0.3, -0.25) is 0 Å². The van der Waals surface area contributed by atoms with Gasteiger partial charge in [-0.15, -0.1) is 0 Å². The average Bonchev–Trinajstić information content (AvgIpc) is 2.98. The van der Waals surface area contributed by atoms with Gasteiger partial charge >= 0.3 is 0 Å². The van der Waals surface area contributed by atoms with Crippen molar-refractivity contribution < 1.29 is 0 Å². The molecule has 1 aliphatic heterocycles. The first-order chi connectivity index (χ1) is 8.35. The van der Waals surface area contributed by atoms with E-state index in [4.69, 9.17) is 0 Å². The maximum Gasteiger partial charge on any atom is 0.0158 e. The SMILES string of the molecule is CCC(CSC)NC1CCCC1C1CCCN1. The Labute approximate surface area is 111 Å². The fraction of sp³-hybridized carbons (Fsp3) is 1.00. The maximum atomic E-state index is 3.93. The van der Waals surface area contributed by atoms with Crippen molar-refractivity contribution in [2.24, 2.45) is 5.92 Å². The Morgan fingerprint density at radius 3 is 2.82 bits per heavy atom. The molecular formula is C14H28N2S. The minimum Gasteiger partial charge on any atom is -0.314 e. The molecule has 2 fully saturated rings. The van der Waals surface area contributed by atoms with E-state index in [0.717, 1.165) is 24.0 Å². The zero-order valence-electron chi connectivity index (χ0n) is 11.4. The minimum absolute atomic E-state index is 0.719. The van der Waals surface area contributed by atoms with Crippen LogP contribution in [0.15, 0.2) is 0 Å². The van der Waals surface area contributed by atoms with Crippen LogP contribution < -0.4 is 10.6 Å². The first-order valence-corrected chi connectivity index (χ1v) is 8.73. The quantitative estimate of drug-likeness (QED) is 0.764. The summed E-state index contributed by atoms with van der Waals surface area (Å²) in [6.07, 6.45) is 10.5. The van der Waals surface area contributed by atoms with Crippen LogP contribution in [-0.2, 0) is 0 Å². The van der Waals surface area contributed by atoms with Crippen molar-refractivity contribution in [3.8, 4) is 0 Å². The van der Waals surface area contributed by atoms with Crippen molar-refractivity contribution in [1.82, 2.24) is 10.6 Å². The smallest absolute Gasteiger partial charge is 0.0158 e. The molecule has 1 aliphatic carbocycles. The highest BCUT2D eigenvalue weighted by molar-refractivity contribution is 7.98. The van der Waals surface area contributed by atoms with Gasteiger partial charge in [-0.05, 0) is 50.8 Å². The Hall–Kier alpha value is 0.270. The third-order valence-electron chi connectivity index (χ3n) is 4.50. The third-order valence-corrected chi connectivity index (χ3v) is 5.23. The van der Waals surface area contributed by atoms with Gasteiger partial charge in [0.15, 0.2) is 0 Å². The molecule has 2 rings (SSSR count). The van der Waals surface area contributed by atoms with Crippen LogP contribution in [0, 0.1) is 5.92 Å². The molecular weight excluding hydrogens is 228 g/mol. The molecule has 0 radical (unpaired) electrons. The van der Waals surface area contributed by atoms with Crippen molar-refractivity contribution >= 4 is 11.8 Å². The van der Waals surface area contributed by atoms with Crippen molar-refractivity contribution in [1.29, 1.82) is 0 Å². The molecule has 0 spiro atoms. The van der Waals surface area contributed by atoms with Gasteiger partial charge in [0, 0.05) is 23.9 Å². The first kappa shape index (κ1) is 13.7. The average molecular weight is 256 g/mol. The van der Waals surface area contributed by atoms with Crippen LogP contribution in [0.3, 0.4) is 0 Å². The summed E-state index contributed by atoms with van der Waals surface area (Å²) in [5, 5.41) is 7.64. The van der Waals surface area contributed by atoms with Gasteiger partial charge in [-0.1, -0.05) is 13.3 Å². The van der Waals surface area contributed by atoms with Gasteiger partial charge in [0.25, 0.3) is 0 Å². The Kier molecular flexibility index (Phi) is 5.64. The van der Waals surface area contributed by atoms with Gasteiger partial charge in [0.1, 0.15) is 0 Å². The fourth-order valence-electron chi connectivity index (χ4n) is 3.54. The lowest BCUT2D eigenvalue weighted by Gasteiger charge is -2.30. The van der Waals surface area contributed by atoms with Crippen molar-refractivity contribution in [2.45, 2.75) is 63.6 Å². The summed E-state index contributed by atoms with van der Waals surface area (Å²) in [6, 6.07) is 2.31. The van der Waals surface area contributed by atoms with Crippen LogP contribution in [0.25, 0.3) is 0 Å². The standard InChI is InChI=1S/C14H28N2S/c1-3-11(10-17-2)16-14-7-4-6-12(14)13-8-5-9-15-13/h11-16H,3-10H2,1-2H3. The van der Waals surface area contributed by atoms with E-state index in [1.165, 1.54) is 50.8 Å². The summed E-state index contributed by atoms with van der Waals surface area (Å²) in [7, 11) is 0. The highest BCUT2D eigenvalue weighted by atomic mass is 32.2. The van der Waals surface area contributed by atoms with Crippen LogP contribution in [0.4, 0.5) is 0 Å². The van der Waals surface area contributed by atoms with Crippen LogP contribution in [0.5, 0.6) is 0 Å². The second kappa shape index (κ2) is 7.01. The molecule has 0 bridgehead atoms. The summed E-state index contributed by atoms with van der Waals surface area (Å²) in [5.41, 5.74) is 0. The summed E-state index contributed by atoms with van der Waals surface area (Å²) in [6.45, 7) is 3.56. The summed E-state index contributed by atoms with van der Waals surface area (Å²) < 4.78 is 0. The topological polar surface area (TPSA) is 24.1 Å². The first-order valence-electron chi connectivity index (χ1n) is 7.33. The highest BCUT2D eigenvalue weighted by Gasteiger charge is 2.35. The van der Waals surface area contributed by atoms with Gasteiger partial charge in [-0.2, -0.15) is 11.8 Å². The van der Waals surface area contributed by atoms with E-state index >= 15 is 0 Å². The Bertz CT molecular complexity index is 216. The van der Waals surface area contributed by atoms with Gasteiger partial charge in [-0.25, -0.2) is 0 Å². The molecule has 4 unspecified atom stereocenters. The molecule has 0 aromatic carbocycles. The number of thioether (sulfide) groups is 1. The normalized spacial score (nSPS) is 35.3. The van der Waals surface area contributed by atoms with Crippen molar-refractivity contribution in [3.05, 3.63) is 0 Å². The molecule has 100 valence electrons. The van der Waals surface area contributed by atoms with E-state index in [1.807, 2.05) is 11.8 Å². The minimum atomic E-state index is 0.719. The predicted molar refractivity (Wildman–Crippen MR) is 77.8 cm³/mol. The van der Waals surface area contributed by atoms with Gasteiger partial charge in [0.05, 0.1) is 0 Å². The predicted octanol–water partition coefficient (Wildman–Crippen LogP) is 2.64. The Balaban J connectivity index is 1.85. The van der Waals surface area contributed by atoms with E-state index in [1.54, 1.807) is 0 Å². The lowest BCUT2D eigenvalue weighted by molar-refractivity contribution is 0.301. The molecule has 0 aromatic heterocycles.